The van der Waals surface area contributed by atoms with Gasteiger partial charge in [-0.05, 0) is 55.2 Å². The summed E-state index contributed by atoms with van der Waals surface area (Å²) in [5.41, 5.74) is 2.97. The average molecular weight is 245 g/mol. The van der Waals surface area contributed by atoms with Crippen LogP contribution in [0.5, 0.6) is 0 Å². The molecule has 0 saturated heterocycles. The van der Waals surface area contributed by atoms with Crippen molar-refractivity contribution in [3.05, 3.63) is 35.4 Å². The van der Waals surface area contributed by atoms with Crippen LogP contribution < -0.4 is 5.32 Å². The summed E-state index contributed by atoms with van der Waals surface area (Å²) in [5, 5.41) is 13.6. The van der Waals surface area contributed by atoms with Crippen LogP contribution in [0.1, 0.15) is 30.9 Å². The number of hydrogen-bond acceptors (Lipinski definition) is 2. The summed E-state index contributed by atoms with van der Waals surface area (Å²) in [5.74, 6) is 1.19. The van der Waals surface area contributed by atoms with Gasteiger partial charge >= 0.3 is 0 Å². The third kappa shape index (κ3) is 1.70. The van der Waals surface area contributed by atoms with Gasteiger partial charge in [-0.2, -0.15) is 0 Å². The topological polar surface area (TPSA) is 32.3 Å². The minimum atomic E-state index is -0.0340. The zero-order chi connectivity index (χ0) is 12.6. The van der Waals surface area contributed by atoms with E-state index >= 15 is 0 Å². The molecule has 2 aliphatic rings. The Kier molecular flexibility index (Phi) is 3.16. The Hall–Kier alpha value is -0.860. The van der Waals surface area contributed by atoms with Crippen LogP contribution >= 0.6 is 0 Å². The zero-order valence-electron chi connectivity index (χ0n) is 11.2. The van der Waals surface area contributed by atoms with Gasteiger partial charge in [-0.1, -0.05) is 31.2 Å². The van der Waals surface area contributed by atoms with Gasteiger partial charge in [0.2, 0.25) is 0 Å². The number of fused-ring (bicyclic) bond motifs is 3. The smallest absolute Gasteiger partial charge is 0.0619 e. The first kappa shape index (κ1) is 12.2. The van der Waals surface area contributed by atoms with E-state index in [9.17, 15) is 5.11 Å². The Morgan fingerprint density at radius 2 is 1.72 bits per heavy atom. The maximum absolute atomic E-state index is 9.99. The van der Waals surface area contributed by atoms with Crippen molar-refractivity contribution in [1.82, 2.24) is 5.32 Å². The lowest BCUT2D eigenvalue weighted by Crippen LogP contribution is -2.56. The lowest BCUT2D eigenvalue weighted by atomic mass is 9.79. The first-order chi connectivity index (χ1) is 8.80. The van der Waals surface area contributed by atoms with Crippen molar-refractivity contribution in [2.75, 3.05) is 13.2 Å². The highest BCUT2D eigenvalue weighted by molar-refractivity contribution is 5.32. The molecule has 0 aliphatic heterocycles. The van der Waals surface area contributed by atoms with Crippen LogP contribution in [0.4, 0.5) is 0 Å². The molecular formula is C16H23NO. The molecule has 1 aromatic carbocycles. The van der Waals surface area contributed by atoms with Crippen LogP contribution in [0.2, 0.25) is 0 Å². The van der Waals surface area contributed by atoms with E-state index in [1.807, 2.05) is 0 Å². The third-order valence-electron chi connectivity index (χ3n) is 5.14. The number of rotatable bonds is 3. The minimum absolute atomic E-state index is 0.0340. The molecule has 2 bridgehead atoms. The van der Waals surface area contributed by atoms with E-state index in [1.165, 1.54) is 24.0 Å². The maximum atomic E-state index is 9.99. The Morgan fingerprint density at radius 1 is 1.17 bits per heavy atom. The first-order valence-corrected chi connectivity index (χ1v) is 7.23. The normalized spacial score (nSPS) is 34.1. The van der Waals surface area contributed by atoms with E-state index in [-0.39, 0.29) is 12.1 Å². The highest BCUT2D eigenvalue weighted by Crippen LogP contribution is 2.46. The quantitative estimate of drug-likeness (QED) is 0.855. The molecule has 0 aromatic heterocycles. The second-order valence-corrected chi connectivity index (χ2v) is 5.88. The Labute approximate surface area is 109 Å². The van der Waals surface area contributed by atoms with E-state index in [4.69, 9.17) is 0 Å². The summed E-state index contributed by atoms with van der Waals surface area (Å²) < 4.78 is 0. The van der Waals surface area contributed by atoms with E-state index < -0.39 is 0 Å². The van der Waals surface area contributed by atoms with Gasteiger partial charge in [0.25, 0.3) is 0 Å². The Morgan fingerprint density at radius 3 is 2.17 bits per heavy atom. The van der Waals surface area contributed by atoms with Gasteiger partial charge in [-0.15, -0.1) is 0 Å². The monoisotopic (exact) mass is 245 g/mol. The van der Waals surface area contributed by atoms with Crippen molar-refractivity contribution >= 4 is 0 Å². The van der Waals surface area contributed by atoms with Crippen LogP contribution in [-0.2, 0) is 12.8 Å². The van der Waals surface area contributed by atoms with E-state index in [2.05, 4.69) is 36.5 Å². The fourth-order valence-corrected chi connectivity index (χ4v) is 4.24. The van der Waals surface area contributed by atoms with Crippen molar-refractivity contribution in [2.24, 2.45) is 11.8 Å². The van der Waals surface area contributed by atoms with Crippen LogP contribution in [0.25, 0.3) is 0 Å². The summed E-state index contributed by atoms with van der Waals surface area (Å²) in [6.45, 7) is 3.38. The van der Waals surface area contributed by atoms with E-state index in [1.54, 1.807) is 0 Å². The van der Waals surface area contributed by atoms with Crippen molar-refractivity contribution in [3.8, 4) is 0 Å². The lowest BCUT2D eigenvalue weighted by molar-refractivity contribution is 0.0909. The predicted octanol–water partition coefficient (Wildman–Crippen LogP) is 2.15. The van der Waals surface area contributed by atoms with Gasteiger partial charge in [0, 0.05) is 5.54 Å². The molecule has 98 valence electrons. The predicted molar refractivity (Wildman–Crippen MR) is 73.6 cm³/mol. The van der Waals surface area contributed by atoms with Crippen molar-refractivity contribution < 1.29 is 5.11 Å². The SMILES string of the molecule is CCNC1(CO)C2CCC1Cc1ccccc1C2. The Balaban J connectivity index is 1.99. The fourth-order valence-electron chi connectivity index (χ4n) is 4.24. The van der Waals surface area contributed by atoms with Gasteiger partial charge < -0.3 is 10.4 Å². The molecule has 3 rings (SSSR count). The molecule has 1 saturated carbocycles. The molecule has 1 aromatic rings. The summed E-state index contributed by atoms with van der Waals surface area (Å²) in [4.78, 5) is 0. The van der Waals surface area contributed by atoms with E-state index in [0.717, 1.165) is 19.4 Å². The third-order valence-corrected chi connectivity index (χ3v) is 5.14. The molecule has 2 unspecified atom stereocenters. The molecule has 2 aliphatic carbocycles. The second kappa shape index (κ2) is 4.67. The summed E-state index contributed by atoms with van der Waals surface area (Å²) in [6, 6.07) is 8.83. The Bertz CT molecular complexity index is 396. The highest BCUT2D eigenvalue weighted by atomic mass is 16.3. The van der Waals surface area contributed by atoms with Crippen molar-refractivity contribution in [2.45, 2.75) is 38.1 Å². The van der Waals surface area contributed by atoms with Gasteiger partial charge in [-0.25, -0.2) is 0 Å². The minimum Gasteiger partial charge on any atom is -0.394 e. The molecule has 2 heteroatoms. The molecule has 0 spiro atoms. The van der Waals surface area contributed by atoms with Crippen LogP contribution in [-0.4, -0.2) is 23.8 Å². The molecule has 0 radical (unpaired) electrons. The maximum Gasteiger partial charge on any atom is 0.0619 e. The number of benzene rings is 1. The average Bonchev–Trinajstić information content (AvgIpc) is 2.63. The lowest BCUT2D eigenvalue weighted by Gasteiger charge is -2.38. The molecule has 0 amide bonds. The summed E-state index contributed by atoms with van der Waals surface area (Å²) >= 11 is 0. The molecule has 2 nitrogen and oxygen atoms in total. The van der Waals surface area contributed by atoms with Crippen molar-refractivity contribution in [1.29, 1.82) is 0 Å². The number of hydrogen-bond donors (Lipinski definition) is 2. The molecule has 2 N–H and O–H groups in total. The number of aliphatic hydroxyl groups is 1. The van der Waals surface area contributed by atoms with Gasteiger partial charge in [0.1, 0.15) is 0 Å². The van der Waals surface area contributed by atoms with Gasteiger partial charge in [-0.3, -0.25) is 0 Å². The summed E-state index contributed by atoms with van der Waals surface area (Å²) in [7, 11) is 0. The second-order valence-electron chi connectivity index (χ2n) is 5.88. The number of aliphatic hydroxyl groups excluding tert-OH is 1. The fraction of sp³-hybridized carbons (Fsp3) is 0.625. The standard InChI is InChI=1S/C16H23NO/c1-2-17-16(11-18)14-7-8-15(16)10-13-6-4-3-5-12(13)9-14/h3-6,14-15,17-18H,2,7-11H2,1H3. The molecular weight excluding hydrogens is 222 g/mol. The molecule has 18 heavy (non-hydrogen) atoms. The van der Waals surface area contributed by atoms with Crippen LogP contribution in [0.3, 0.4) is 0 Å². The molecule has 2 atom stereocenters. The first-order valence-electron chi connectivity index (χ1n) is 7.23. The zero-order valence-corrected chi connectivity index (χ0v) is 11.2. The van der Waals surface area contributed by atoms with Gasteiger partial charge in [0.15, 0.2) is 0 Å². The summed E-state index contributed by atoms with van der Waals surface area (Å²) in [6.07, 6.45) is 4.76. The number of likely N-dealkylation sites (N-methyl/N-ethyl adjacent to an activating group) is 1. The molecule has 0 heterocycles. The molecule has 1 fully saturated rings. The van der Waals surface area contributed by atoms with Gasteiger partial charge in [0.05, 0.1) is 6.61 Å². The van der Waals surface area contributed by atoms with E-state index in [0.29, 0.717) is 11.8 Å². The number of nitrogens with one attached hydrogen (secondary N) is 1. The van der Waals surface area contributed by atoms with Crippen molar-refractivity contribution in [3.63, 3.8) is 0 Å². The van der Waals surface area contributed by atoms with Crippen LogP contribution in [0, 0.1) is 11.8 Å². The highest BCUT2D eigenvalue weighted by Gasteiger charge is 2.50. The largest absolute Gasteiger partial charge is 0.394 e. The van der Waals surface area contributed by atoms with Crippen LogP contribution in [0.15, 0.2) is 24.3 Å².